The Kier molecular flexibility index (Phi) is 5.21. The van der Waals surface area contributed by atoms with Gasteiger partial charge in [0.25, 0.3) is 0 Å². The van der Waals surface area contributed by atoms with Gasteiger partial charge in [-0.15, -0.1) is 0 Å². The summed E-state index contributed by atoms with van der Waals surface area (Å²) in [6.07, 6.45) is 3.78. The summed E-state index contributed by atoms with van der Waals surface area (Å²) in [4.78, 5) is 14.2. The summed E-state index contributed by atoms with van der Waals surface area (Å²) in [5.74, 6) is -0.382. The third-order valence-corrected chi connectivity index (χ3v) is 4.85. The summed E-state index contributed by atoms with van der Waals surface area (Å²) in [5, 5.41) is 0. The molecule has 1 aliphatic rings. The molecule has 0 saturated heterocycles. The van der Waals surface area contributed by atoms with E-state index in [4.69, 9.17) is 0 Å². The lowest BCUT2D eigenvalue weighted by molar-refractivity contribution is -0.133. The summed E-state index contributed by atoms with van der Waals surface area (Å²) in [5.41, 5.74) is 0.778. The number of rotatable bonds is 7. The van der Waals surface area contributed by atoms with Gasteiger partial charge >= 0.3 is 0 Å². The summed E-state index contributed by atoms with van der Waals surface area (Å²) in [6.45, 7) is 1.78. The van der Waals surface area contributed by atoms with Gasteiger partial charge in [-0.1, -0.05) is 12.1 Å². The average molecular weight is 327 g/mol. The van der Waals surface area contributed by atoms with E-state index < -0.39 is 9.84 Å². The lowest BCUT2D eigenvalue weighted by Gasteiger charge is -2.29. The summed E-state index contributed by atoms with van der Waals surface area (Å²) < 4.78 is 36.0. The van der Waals surface area contributed by atoms with Crippen molar-refractivity contribution in [3.8, 4) is 0 Å². The molecule has 22 heavy (non-hydrogen) atoms. The van der Waals surface area contributed by atoms with Gasteiger partial charge in [0, 0.05) is 24.8 Å². The Morgan fingerprint density at radius 3 is 2.64 bits per heavy atom. The van der Waals surface area contributed by atoms with E-state index in [1.807, 2.05) is 0 Å². The molecule has 122 valence electrons. The molecular weight excluding hydrogens is 305 g/mol. The van der Waals surface area contributed by atoms with Crippen molar-refractivity contribution in [1.29, 1.82) is 0 Å². The largest absolute Gasteiger partial charge is 0.336 e. The number of carbonyl (C=O) groups is 1. The number of aryl methyl sites for hydroxylation is 1. The van der Waals surface area contributed by atoms with Gasteiger partial charge < -0.3 is 4.90 Å². The van der Waals surface area contributed by atoms with Crippen LogP contribution < -0.4 is 0 Å². The number of carbonyl (C=O) groups excluding carboxylic acids is 1. The maximum atomic E-state index is 13.1. The second kappa shape index (κ2) is 6.77. The lowest BCUT2D eigenvalue weighted by Crippen LogP contribution is -2.43. The summed E-state index contributed by atoms with van der Waals surface area (Å²) >= 11 is 0. The van der Waals surface area contributed by atoms with E-state index in [2.05, 4.69) is 0 Å². The van der Waals surface area contributed by atoms with Crippen LogP contribution in [0.2, 0.25) is 0 Å². The van der Waals surface area contributed by atoms with Gasteiger partial charge in [-0.25, -0.2) is 12.8 Å². The number of hydrogen-bond acceptors (Lipinski definition) is 3. The van der Waals surface area contributed by atoms with Crippen molar-refractivity contribution < 1.29 is 17.6 Å². The second-order valence-corrected chi connectivity index (χ2v) is 8.29. The predicted octanol–water partition coefficient (Wildman–Crippen LogP) is 2.18. The molecule has 0 bridgehead atoms. The van der Waals surface area contributed by atoms with Crippen molar-refractivity contribution in [2.45, 2.75) is 44.7 Å². The Morgan fingerprint density at radius 2 is 2.09 bits per heavy atom. The Labute approximate surface area is 131 Å². The SMILES string of the molecule is C[C@@H](CS(C)(=O)=O)N(C(=O)CCc1cccc(F)c1)C1CC1. The van der Waals surface area contributed by atoms with Crippen LogP contribution in [0, 0.1) is 5.82 Å². The molecule has 1 atom stereocenters. The molecule has 2 rings (SSSR count). The van der Waals surface area contributed by atoms with Crippen LogP contribution >= 0.6 is 0 Å². The molecular formula is C16H22FNO3S. The first kappa shape index (κ1) is 16.9. The van der Waals surface area contributed by atoms with E-state index in [0.29, 0.717) is 6.42 Å². The Bertz CT molecular complexity index is 641. The number of benzene rings is 1. The monoisotopic (exact) mass is 327 g/mol. The molecule has 1 aliphatic carbocycles. The van der Waals surface area contributed by atoms with Crippen molar-refractivity contribution in [1.82, 2.24) is 4.90 Å². The molecule has 0 spiro atoms. The molecule has 0 heterocycles. The van der Waals surface area contributed by atoms with Crippen LogP contribution in [-0.4, -0.2) is 43.3 Å². The topological polar surface area (TPSA) is 54.5 Å². The van der Waals surface area contributed by atoms with Crippen LogP contribution in [0.3, 0.4) is 0 Å². The first-order valence-corrected chi connectivity index (χ1v) is 9.55. The second-order valence-electron chi connectivity index (χ2n) is 6.10. The van der Waals surface area contributed by atoms with E-state index >= 15 is 0 Å². The average Bonchev–Trinajstić information content (AvgIpc) is 3.19. The zero-order chi connectivity index (χ0) is 16.3. The van der Waals surface area contributed by atoms with Gasteiger partial charge in [0.2, 0.25) is 5.91 Å². The van der Waals surface area contributed by atoms with Gasteiger partial charge in [-0.3, -0.25) is 4.79 Å². The molecule has 1 aromatic carbocycles. The molecule has 1 fully saturated rings. The summed E-state index contributed by atoms with van der Waals surface area (Å²) in [7, 11) is -3.12. The van der Waals surface area contributed by atoms with Gasteiger partial charge in [0.15, 0.2) is 0 Å². The van der Waals surface area contributed by atoms with Gasteiger partial charge in [0.05, 0.1) is 5.75 Å². The van der Waals surface area contributed by atoms with Gasteiger partial charge in [0.1, 0.15) is 15.7 Å². The van der Waals surface area contributed by atoms with Crippen LogP contribution in [0.1, 0.15) is 31.7 Å². The van der Waals surface area contributed by atoms with Crippen LogP contribution in [0.5, 0.6) is 0 Å². The highest BCUT2D eigenvalue weighted by Gasteiger charge is 2.36. The number of nitrogens with zero attached hydrogens (tertiary/aromatic N) is 1. The van der Waals surface area contributed by atoms with E-state index in [9.17, 15) is 17.6 Å². The van der Waals surface area contributed by atoms with Gasteiger partial charge in [-0.2, -0.15) is 0 Å². The van der Waals surface area contributed by atoms with Crippen molar-refractivity contribution >= 4 is 15.7 Å². The smallest absolute Gasteiger partial charge is 0.223 e. The molecule has 1 saturated carbocycles. The zero-order valence-corrected chi connectivity index (χ0v) is 13.8. The minimum Gasteiger partial charge on any atom is -0.336 e. The predicted molar refractivity (Wildman–Crippen MR) is 83.8 cm³/mol. The molecule has 0 aliphatic heterocycles. The fourth-order valence-corrected chi connectivity index (χ4v) is 3.79. The highest BCUT2D eigenvalue weighted by Crippen LogP contribution is 2.30. The molecule has 0 aromatic heterocycles. The number of amides is 1. The normalized spacial score (nSPS) is 16.3. The Hall–Kier alpha value is -1.43. The minimum absolute atomic E-state index is 0.0186. The molecule has 0 N–H and O–H groups in total. The highest BCUT2D eigenvalue weighted by molar-refractivity contribution is 7.90. The number of halogens is 1. The third-order valence-electron chi connectivity index (χ3n) is 3.76. The summed E-state index contributed by atoms with van der Waals surface area (Å²) in [6, 6.07) is 6.06. The van der Waals surface area contributed by atoms with Crippen molar-refractivity contribution in [3.63, 3.8) is 0 Å². The standard InChI is InChI=1S/C16H22FNO3S/c1-12(11-22(2,20)21)18(15-7-8-15)16(19)9-6-13-4-3-5-14(17)10-13/h3-5,10,12,15H,6-9,11H2,1-2H3/t12-/m0/s1. The molecule has 4 nitrogen and oxygen atoms in total. The number of sulfone groups is 1. The van der Waals surface area contributed by atoms with Crippen molar-refractivity contribution in [3.05, 3.63) is 35.6 Å². The first-order valence-electron chi connectivity index (χ1n) is 7.49. The molecule has 0 unspecified atom stereocenters. The fraction of sp³-hybridized carbons (Fsp3) is 0.562. The first-order chi connectivity index (χ1) is 10.3. The van der Waals surface area contributed by atoms with Crippen LogP contribution in [0.25, 0.3) is 0 Å². The van der Waals surface area contributed by atoms with Gasteiger partial charge in [-0.05, 0) is 43.9 Å². The quantitative estimate of drug-likeness (QED) is 0.771. The molecule has 0 radical (unpaired) electrons. The van der Waals surface area contributed by atoms with Crippen LogP contribution in [-0.2, 0) is 21.1 Å². The zero-order valence-electron chi connectivity index (χ0n) is 13.0. The Balaban J connectivity index is 1.98. The van der Waals surface area contributed by atoms with Crippen LogP contribution in [0.4, 0.5) is 4.39 Å². The minimum atomic E-state index is -3.12. The van der Waals surface area contributed by atoms with Crippen molar-refractivity contribution in [2.24, 2.45) is 0 Å². The van der Waals surface area contributed by atoms with E-state index in [-0.39, 0.29) is 36.0 Å². The highest BCUT2D eigenvalue weighted by atomic mass is 32.2. The third kappa shape index (κ3) is 5.09. The molecule has 1 amide bonds. The lowest BCUT2D eigenvalue weighted by atomic mass is 10.1. The maximum absolute atomic E-state index is 13.1. The Morgan fingerprint density at radius 1 is 1.41 bits per heavy atom. The fourth-order valence-electron chi connectivity index (χ4n) is 2.75. The molecule has 1 aromatic rings. The maximum Gasteiger partial charge on any atom is 0.223 e. The van der Waals surface area contributed by atoms with E-state index in [0.717, 1.165) is 18.4 Å². The molecule has 6 heteroatoms. The van der Waals surface area contributed by atoms with Crippen LogP contribution in [0.15, 0.2) is 24.3 Å². The van der Waals surface area contributed by atoms with E-state index in [1.54, 1.807) is 24.0 Å². The van der Waals surface area contributed by atoms with E-state index in [1.165, 1.54) is 18.4 Å². The van der Waals surface area contributed by atoms with Crippen molar-refractivity contribution in [2.75, 3.05) is 12.0 Å². The number of hydrogen-bond donors (Lipinski definition) is 0.